The topological polar surface area (TPSA) is 97.4 Å². The Morgan fingerprint density at radius 3 is 2.50 bits per heavy atom. The zero-order valence-corrected chi connectivity index (χ0v) is 14.3. The number of anilines is 1. The zero-order chi connectivity index (χ0) is 18.3. The summed E-state index contributed by atoms with van der Waals surface area (Å²) < 4.78 is 1.33. The molecule has 0 unspecified atom stereocenters. The molecule has 1 aromatic carbocycles. The van der Waals surface area contributed by atoms with E-state index in [0.717, 1.165) is 18.7 Å². The Balaban J connectivity index is 1.82. The molecule has 0 bridgehead atoms. The van der Waals surface area contributed by atoms with E-state index >= 15 is 0 Å². The maximum absolute atomic E-state index is 12.7. The van der Waals surface area contributed by atoms with E-state index in [-0.39, 0.29) is 16.9 Å². The molecule has 26 heavy (non-hydrogen) atoms. The smallest absolute Gasteiger partial charge is 0.262 e. The fraction of sp³-hybridized carbons (Fsp3) is 0.316. The van der Waals surface area contributed by atoms with Crippen LogP contribution in [0.1, 0.15) is 45.5 Å². The molecule has 1 saturated heterocycles. The van der Waals surface area contributed by atoms with E-state index in [1.807, 2.05) is 24.3 Å². The molecule has 2 aliphatic rings. The summed E-state index contributed by atoms with van der Waals surface area (Å²) in [7, 11) is 0. The van der Waals surface area contributed by atoms with E-state index < -0.39 is 17.4 Å². The van der Waals surface area contributed by atoms with Crippen LogP contribution in [0, 0.1) is 0 Å². The van der Waals surface area contributed by atoms with Crippen molar-refractivity contribution in [1.82, 2.24) is 14.8 Å². The number of fused-ring (bicyclic) bond motifs is 1. The van der Waals surface area contributed by atoms with Gasteiger partial charge in [0.25, 0.3) is 17.4 Å². The Morgan fingerprint density at radius 2 is 1.73 bits per heavy atom. The van der Waals surface area contributed by atoms with E-state index in [2.05, 4.69) is 10.2 Å². The minimum atomic E-state index is -0.581. The lowest BCUT2D eigenvalue weighted by atomic mass is 10.1. The van der Waals surface area contributed by atoms with Crippen molar-refractivity contribution >= 4 is 17.6 Å². The summed E-state index contributed by atoms with van der Waals surface area (Å²) in [6.45, 7) is 2.77. The van der Waals surface area contributed by atoms with Crippen LogP contribution >= 0.6 is 0 Å². The summed E-state index contributed by atoms with van der Waals surface area (Å²) in [5.41, 5.74) is 7.47. The molecule has 1 aromatic heterocycles. The first-order valence-electron chi connectivity index (χ1n) is 8.78. The number of rotatable bonds is 3. The minimum absolute atomic E-state index is 0.00180. The highest BCUT2D eigenvalue weighted by molar-refractivity contribution is 6.23. The van der Waals surface area contributed by atoms with Gasteiger partial charge in [-0.3, -0.25) is 29.2 Å². The number of likely N-dealkylation sites (tertiary alicyclic amines) is 1. The average Bonchev–Trinajstić information content (AvgIpc) is 2.91. The first kappa shape index (κ1) is 16.5. The number of carbonyl (C=O) groups excluding carboxylic acids is 2. The number of nitrogen functional groups attached to an aromatic ring is 1. The van der Waals surface area contributed by atoms with Crippen molar-refractivity contribution in [2.75, 3.05) is 18.8 Å². The van der Waals surface area contributed by atoms with Gasteiger partial charge >= 0.3 is 0 Å². The second-order valence-electron chi connectivity index (χ2n) is 6.74. The van der Waals surface area contributed by atoms with E-state index in [1.165, 1.54) is 29.9 Å². The van der Waals surface area contributed by atoms with Crippen LogP contribution in [0.5, 0.6) is 0 Å². The molecule has 3 heterocycles. The van der Waals surface area contributed by atoms with Gasteiger partial charge in [0.2, 0.25) is 0 Å². The van der Waals surface area contributed by atoms with Gasteiger partial charge in [-0.1, -0.05) is 24.6 Å². The number of nitrogens with two attached hydrogens (primary N) is 1. The Morgan fingerprint density at radius 1 is 1.00 bits per heavy atom. The summed E-state index contributed by atoms with van der Waals surface area (Å²) in [6, 6.07) is 8.73. The number of carbonyl (C=O) groups is 2. The van der Waals surface area contributed by atoms with Crippen LogP contribution in [0.15, 0.2) is 35.1 Å². The number of hydrogen-bond acceptors (Lipinski definition) is 5. The highest BCUT2D eigenvalue weighted by atomic mass is 16.2. The SMILES string of the molecule is Nc1c2c(cc(=O)n1-c1ccccc1CN1CCCCC1)C(=O)NC2=O. The summed E-state index contributed by atoms with van der Waals surface area (Å²) >= 11 is 0. The van der Waals surface area contributed by atoms with Gasteiger partial charge in [0, 0.05) is 12.6 Å². The summed E-state index contributed by atoms with van der Waals surface area (Å²) in [6.07, 6.45) is 3.59. The molecule has 7 nitrogen and oxygen atoms in total. The number of aromatic nitrogens is 1. The number of nitrogens with zero attached hydrogens (tertiary/aromatic N) is 2. The predicted molar refractivity (Wildman–Crippen MR) is 97.4 cm³/mol. The molecule has 0 radical (unpaired) electrons. The van der Waals surface area contributed by atoms with Crippen LogP contribution in [0.2, 0.25) is 0 Å². The normalized spacial score (nSPS) is 17.2. The van der Waals surface area contributed by atoms with E-state index in [0.29, 0.717) is 12.2 Å². The number of amides is 2. The lowest BCUT2D eigenvalue weighted by Gasteiger charge is -2.27. The molecule has 2 aliphatic heterocycles. The Hall–Kier alpha value is -2.93. The molecule has 0 atom stereocenters. The Bertz CT molecular complexity index is 958. The average molecular weight is 352 g/mol. The van der Waals surface area contributed by atoms with Crippen molar-refractivity contribution in [2.24, 2.45) is 0 Å². The van der Waals surface area contributed by atoms with Crippen LogP contribution in [-0.2, 0) is 6.54 Å². The largest absolute Gasteiger partial charge is 0.384 e. The number of pyridine rings is 1. The first-order chi connectivity index (χ1) is 12.6. The number of para-hydroxylation sites is 1. The third-order valence-corrected chi connectivity index (χ3v) is 5.03. The lowest BCUT2D eigenvalue weighted by molar-refractivity contribution is 0.0880. The fourth-order valence-corrected chi connectivity index (χ4v) is 3.75. The molecule has 0 aliphatic carbocycles. The number of benzene rings is 1. The van der Waals surface area contributed by atoms with Gasteiger partial charge in [0.1, 0.15) is 5.82 Å². The van der Waals surface area contributed by atoms with Crippen molar-refractivity contribution in [2.45, 2.75) is 25.8 Å². The molecule has 134 valence electrons. The van der Waals surface area contributed by atoms with Crippen LogP contribution in [0.3, 0.4) is 0 Å². The molecular weight excluding hydrogens is 332 g/mol. The van der Waals surface area contributed by atoms with Crippen LogP contribution < -0.4 is 16.6 Å². The fourth-order valence-electron chi connectivity index (χ4n) is 3.75. The molecule has 3 N–H and O–H groups in total. The molecule has 2 amide bonds. The zero-order valence-electron chi connectivity index (χ0n) is 14.3. The van der Waals surface area contributed by atoms with E-state index in [1.54, 1.807) is 0 Å². The van der Waals surface area contributed by atoms with Gasteiger partial charge in [0.05, 0.1) is 16.8 Å². The monoisotopic (exact) mass is 352 g/mol. The highest BCUT2D eigenvalue weighted by Gasteiger charge is 2.32. The maximum atomic E-state index is 12.7. The molecule has 2 aromatic rings. The first-order valence-corrected chi connectivity index (χ1v) is 8.78. The maximum Gasteiger partial charge on any atom is 0.262 e. The molecule has 0 spiro atoms. The van der Waals surface area contributed by atoms with Gasteiger partial charge in [-0.2, -0.15) is 0 Å². The van der Waals surface area contributed by atoms with E-state index in [4.69, 9.17) is 5.73 Å². The lowest BCUT2D eigenvalue weighted by Crippen LogP contribution is -2.30. The highest BCUT2D eigenvalue weighted by Crippen LogP contribution is 2.25. The van der Waals surface area contributed by atoms with Gasteiger partial charge in [0.15, 0.2) is 0 Å². The van der Waals surface area contributed by atoms with E-state index in [9.17, 15) is 14.4 Å². The van der Waals surface area contributed by atoms with Crippen LogP contribution in [-0.4, -0.2) is 34.4 Å². The summed E-state index contributed by atoms with van der Waals surface area (Å²) in [4.78, 5) is 38.9. The van der Waals surface area contributed by atoms with Crippen molar-refractivity contribution < 1.29 is 9.59 Å². The molecular formula is C19H20N4O3. The predicted octanol–water partition coefficient (Wildman–Crippen LogP) is 1.29. The van der Waals surface area contributed by atoms with Crippen molar-refractivity contribution in [3.63, 3.8) is 0 Å². The van der Waals surface area contributed by atoms with Crippen molar-refractivity contribution in [3.05, 3.63) is 57.4 Å². The minimum Gasteiger partial charge on any atom is -0.384 e. The quantitative estimate of drug-likeness (QED) is 0.811. The standard InChI is InChI=1S/C19H20N4O3/c20-17-16-13(18(25)21-19(16)26)10-15(24)23(17)14-7-3-2-6-12(14)11-22-8-4-1-5-9-22/h2-3,6-7,10H,1,4-5,8-9,11,20H2,(H,21,25,26). The van der Waals surface area contributed by atoms with Gasteiger partial charge in [-0.05, 0) is 37.6 Å². The molecule has 1 fully saturated rings. The number of imide groups is 1. The molecule has 4 rings (SSSR count). The second kappa shape index (κ2) is 6.42. The number of hydrogen-bond donors (Lipinski definition) is 2. The van der Waals surface area contributed by atoms with Gasteiger partial charge < -0.3 is 5.73 Å². The van der Waals surface area contributed by atoms with Crippen LogP contribution in [0.25, 0.3) is 5.69 Å². The number of piperidine rings is 1. The Labute approximate surface area is 150 Å². The van der Waals surface area contributed by atoms with Crippen LogP contribution in [0.4, 0.5) is 5.82 Å². The van der Waals surface area contributed by atoms with Gasteiger partial charge in [-0.25, -0.2) is 0 Å². The molecule has 7 heteroatoms. The third kappa shape index (κ3) is 2.70. The number of nitrogens with one attached hydrogen (secondary N) is 1. The second-order valence-corrected chi connectivity index (χ2v) is 6.74. The molecule has 0 saturated carbocycles. The third-order valence-electron chi connectivity index (χ3n) is 5.03. The van der Waals surface area contributed by atoms with Crippen molar-refractivity contribution in [3.8, 4) is 5.69 Å². The Kier molecular flexibility index (Phi) is 4.08. The van der Waals surface area contributed by atoms with Crippen molar-refractivity contribution in [1.29, 1.82) is 0 Å². The summed E-state index contributed by atoms with van der Waals surface area (Å²) in [5, 5.41) is 2.19. The van der Waals surface area contributed by atoms with Gasteiger partial charge in [-0.15, -0.1) is 0 Å². The summed E-state index contributed by atoms with van der Waals surface area (Å²) in [5.74, 6) is -1.14.